The standard InChI is InChI=1S/C9H11BrN2O6/c10-3-1-12(9(17)11-7(3)16)8-6(15)5(14)4(2-13)18-8/h1,4-6,8,13-15H,2H2,(H,11,16,17)/t4?,5?,6-,8?/m0/s1. The quantitative estimate of drug-likeness (QED) is 0.495. The number of hydrogen-bond donors (Lipinski definition) is 4. The average molecular weight is 323 g/mol. The molecule has 0 aliphatic carbocycles. The number of aromatic nitrogens is 2. The van der Waals surface area contributed by atoms with Gasteiger partial charge in [0.2, 0.25) is 0 Å². The van der Waals surface area contributed by atoms with Crippen LogP contribution in [-0.2, 0) is 4.74 Å². The van der Waals surface area contributed by atoms with Crippen molar-refractivity contribution in [1.82, 2.24) is 9.55 Å². The van der Waals surface area contributed by atoms with Crippen molar-refractivity contribution in [2.75, 3.05) is 6.61 Å². The number of aromatic amines is 1. The molecule has 1 aromatic heterocycles. The molecule has 2 heterocycles. The van der Waals surface area contributed by atoms with E-state index in [1.54, 1.807) is 0 Å². The monoisotopic (exact) mass is 322 g/mol. The molecule has 1 aliphatic rings. The first-order valence-corrected chi connectivity index (χ1v) is 5.88. The molecule has 0 bridgehead atoms. The molecule has 2 rings (SSSR count). The molecule has 4 atom stereocenters. The van der Waals surface area contributed by atoms with Gasteiger partial charge >= 0.3 is 5.69 Å². The summed E-state index contributed by atoms with van der Waals surface area (Å²) in [5.41, 5.74) is -1.39. The number of ether oxygens (including phenoxy) is 1. The number of nitrogens with one attached hydrogen (secondary N) is 1. The van der Waals surface area contributed by atoms with Crippen molar-refractivity contribution >= 4 is 15.9 Å². The van der Waals surface area contributed by atoms with Gasteiger partial charge in [0.15, 0.2) is 6.23 Å². The number of nitrogens with zero attached hydrogens (tertiary/aromatic N) is 1. The van der Waals surface area contributed by atoms with Gasteiger partial charge in [-0.2, -0.15) is 0 Å². The third-order valence-corrected chi connectivity index (χ3v) is 3.28. The van der Waals surface area contributed by atoms with Crippen LogP contribution in [0.25, 0.3) is 0 Å². The normalized spacial score (nSPS) is 31.8. The number of halogens is 1. The van der Waals surface area contributed by atoms with Crippen molar-refractivity contribution in [1.29, 1.82) is 0 Å². The minimum absolute atomic E-state index is 0.0832. The third-order valence-electron chi connectivity index (χ3n) is 2.72. The van der Waals surface area contributed by atoms with Crippen LogP contribution in [0.4, 0.5) is 0 Å². The third kappa shape index (κ3) is 2.15. The summed E-state index contributed by atoms with van der Waals surface area (Å²) in [6.07, 6.45) is -3.68. The summed E-state index contributed by atoms with van der Waals surface area (Å²) in [6.45, 7) is -0.492. The van der Waals surface area contributed by atoms with E-state index in [0.29, 0.717) is 0 Å². The van der Waals surface area contributed by atoms with E-state index < -0.39 is 42.4 Å². The SMILES string of the molecule is O=c1[nH]c(=O)n(C2OC(CO)C(O)[C@@H]2O)cc1Br. The number of hydrogen-bond acceptors (Lipinski definition) is 6. The molecule has 0 amide bonds. The first-order valence-electron chi connectivity index (χ1n) is 5.09. The Labute approximate surface area is 109 Å². The summed E-state index contributed by atoms with van der Waals surface area (Å²) >= 11 is 2.94. The second-order valence-electron chi connectivity index (χ2n) is 3.87. The van der Waals surface area contributed by atoms with Gasteiger partial charge in [-0.3, -0.25) is 14.3 Å². The molecule has 4 N–H and O–H groups in total. The van der Waals surface area contributed by atoms with Crippen LogP contribution in [0.1, 0.15) is 6.23 Å². The highest BCUT2D eigenvalue weighted by Gasteiger charge is 2.43. The summed E-state index contributed by atoms with van der Waals surface area (Å²) in [5, 5.41) is 28.3. The van der Waals surface area contributed by atoms with Crippen molar-refractivity contribution in [3.8, 4) is 0 Å². The van der Waals surface area contributed by atoms with Crippen molar-refractivity contribution in [3.63, 3.8) is 0 Å². The molecule has 1 aromatic rings. The fourth-order valence-electron chi connectivity index (χ4n) is 1.76. The van der Waals surface area contributed by atoms with Crippen LogP contribution >= 0.6 is 15.9 Å². The van der Waals surface area contributed by atoms with Gasteiger partial charge in [-0.15, -0.1) is 0 Å². The highest BCUT2D eigenvalue weighted by Crippen LogP contribution is 2.28. The van der Waals surface area contributed by atoms with Gasteiger partial charge in [-0.05, 0) is 15.9 Å². The lowest BCUT2D eigenvalue weighted by molar-refractivity contribution is -0.0551. The number of aliphatic hydroxyl groups is 3. The van der Waals surface area contributed by atoms with Crippen LogP contribution in [0.5, 0.6) is 0 Å². The molecule has 0 radical (unpaired) electrons. The average Bonchev–Trinajstić information content (AvgIpc) is 2.61. The Morgan fingerprint density at radius 3 is 2.61 bits per heavy atom. The van der Waals surface area contributed by atoms with Crippen molar-refractivity contribution in [3.05, 3.63) is 31.5 Å². The van der Waals surface area contributed by atoms with Gasteiger partial charge in [0, 0.05) is 6.20 Å². The first-order chi connectivity index (χ1) is 8.45. The molecule has 0 saturated carbocycles. The summed E-state index contributed by atoms with van der Waals surface area (Å²) in [7, 11) is 0. The Morgan fingerprint density at radius 2 is 2.06 bits per heavy atom. The Balaban J connectivity index is 2.42. The van der Waals surface area contributed by atoms with Crippen LogP contribution < -0.4 is 11.2 Å². The lowest BCUT2D eigenvalue weighted by atomic mass is 10.1. The highest BCUT2D eigenvalue weighted by atomic mass is 79.9. The van der Waals surface area contributed by atoms with Gasteiger partial charge in [0.1, 0.15) is 18.3 Å². The van der Waals surface area contributed by atoms with Crippen LogP contribution in [0.3, 0.4) is 0 Å². The lowest BCUT2D eigenvalue weighted by Crippen LogP contribution is -2.38. The summed E-state index contributed by atoms with van der Waals surface area (Å²) in [4.78, 5) is 24.8. The van der Waals surface area contributed by atoms with Crippen LogP contribution in [0.2, 0.25) is 0 Å². The van der Waals surface area contributed by atoms with E-state index in [1.807, 2.05) is 4.98 Å². The zero-order valence-electron chi connectivity index (χ0n) is 8.99. The molecule has 1 fully saturated rings. The van der Waals surface area contributed by atoms with Gasteiger partial charge in [0.25, 0.3) is 5.56 Å². The van der Waals surface area contributed by atoms with E-state index in [1.165, 1.54) is 0 Å². The predicted molar refractivity (Wildman–Crippen MR) is 62.0 cm³/mol. The first kappa shape index (κ1) is 13.4. The Kier molecular flexibility index (Phi) is 3.69. The van der Waals surface area contributed by atoms with E-state index in [9.17, 15) is 19.8 Å². The molecule has 1 aliphatic heterocycles. The minimum Gasteiger partial charge on any atom is -0.394 e. The fourth-order valence-corrected chi connectivity index (χ4v) is 2.08. The van der Waals surface area contributed by atoms with E-state index in [-0.39, 0.29) is 4.47 Å². The fraction of sp³-hybridized carbons (Fsp3) is 0.556. The maximum Gasteiger partial charge on any atom is 0.330 e. The maximum absolute atomic E-state index is 11.6. The van der Waals surface area contributed by atoms with Gasteiger partial charge in [-0.1, -0.05) is 0 Å². The lowest BCUT2D eigenvalue weighted by Gasteiger charge is -2.17. The zero-order chi connectivity index (χ0) is 13.4. The second kappa shape index (κ2) is 4.94. The maximum atomic E-state index is 11.6. The highest BCUT2D eigenvalue weighted by molar-refractivity contribution is 9.10. The largest absolute Gasteiger partial charge is 0.394 e. The molecule has 0 spiro atoms. The van der Waals surface area contributed by atoms with Crippen molar-refractivity contribution < 1.29 is 20.1 Å². The smallest absolute Gasteiger partial charge is 0.330 e. The van der Waals surface area contributed by atoms with Crippen LogP contribution in [-0.4, -0.2) is 49.8 Å². The molecular weight excluding hydrogens is 312 g/mol. The molecular formula is C9H11BrN2O6. The molecule has 3 unspecified atom stereocenters. The van der Waals surface area contributed by atoms with Gasteiger partial charge < -0.3 is 20.1 Å². The molecule has 1 saturated heterocycles. The number of rotatable bonds is 2. The van der Waals surface area contributed by atoms with Crippen molar-refractivity contribution in [2.24, 2.45) is 0 Å². The Hall–Kier alpha value is -1.00. The Morgan fingerprint density at radius 1 is 1.39 bits per heavy atom. The predicted octanol–water partition coefficient (Wildman–Crippen LogP) is -2.09. The second-order valence-corrected chi connectivity index (χ2v) is 4.73. The minimum atomic E-state index is -1.38. The Bertz CT molecular complexity index is 555. The van der Waals surface area contributed by atoms with Crippen LogP contribution in [0, 0.1) is 0 Å². The number of aliphatic hydroxyl groups excluding tert-OH is 3. The van der Waals surface area contributed by atoms with E-state index in [0.717, 1.165) is 10.8 Å². The van der Waals surface area contributed by atoms with Gasteiger partial charge in [0.05, 0.1) is 11.1 Å². The van der Waals surface area contributed by atoms with Gasteiger partial charge in [-0.25, -0.2) is 4.79 Å². The molecule has 18 heavy (non-hydrogen) atoms. The molecule has 8 nitrogen and oxygen atoms in total. The zero-order valence-corrected chi connectivity index (χ0v) is 10.6. The van der Waals surface area contributed by atoms with E-state index >= 15 is 0 Å². The summed E-state index contributed by atoms with van der Waals surface area (Å²) in [6, 6.07) is 0. The van der Waals surface area contributed by atoms with Crippen LogP contribution in [0.15, 0.2) is 20.3 Å². The van der Waals surface area contributed by atoms with Crippen molar-refractivity contribution in [2.45, 2.75) is 24.5 Å². The summed E-state index contributed by atoms with van der Waals surface area (Å²) < 4.78 is 6.19. The molecule has 9 heteroatoms. The number of H-pyrrole nitrogens is 1. The molecule has 0 aromatic carbocycles. The topological polar surface area (TPSA) is 125 Å². The summed E-state index contributed by atoms with van der Waals surface area (Å²) in [5.74, 6) is 0. The molecule has 100 valence electrons. The van der Waals surface area contributed by atoms with E-state index in [4.69, 9.17) is 9.84 Å². The van der Waals surface area contributed by atoms with E-state index in [2.05, 4.69) is 15.9 Å².